The highest BCUT2D eigenvalue weighted by molar-refractivity contribution is 9.09. The van der Waals surface area contributed by atoms with E-state index in [1.54, 1.807) is 0 Å². The number of alkyl halides is 1. The Morgan fingerprint density at radius 1 is 1.39 bits per heavy atom. The van der Waals surface area contributed by atoms with Crippen molar-refractivity contribution in [3.05, 3.63) is 34.9 Å². The first kappa shape index (κ1) is 15.1. The molecule has 0 aliphatic heterocycles. The largest absolute Gasteiger partial charge is 0.352 e. The molecule has 1 rings (SSSR count). The van der Waals surface area contributed by atoms with Crippen LogP contribution in [0.25, 0.3) is 0 Å². The first-order chi connectivity index (χ1) is 8.45. The van der Waals surface area contributed by atoms with Gasteiger partial charge in [-0.1, -0.05) is 22.9 Å². The van der Waals surface area contributed by atoms with Crippen LogP contribution >= 0.6 is 15.9 Å². The zero-order valence-corrected chi connectivity index (χ0v) is 12.0. The van der Waals surface area contributed by atoms with Crippen molar-refractivity contribution in [2.75, 3.05) is 11.9 Å². The molecule has 0 heterocycles. The topological polar surface area (TPSA) is 29.1 Å². The Bertz CT molecular complexity index is 437. The zero-order valence-electron chi connectivity index (χ0n) is 10.4. The van der Waals surface area contributed by atoms with Gasteiger partial charge in [0.15, 0.2) is 0 Å². The molecule has 0 fully saturated rings. The fraction of sp³-hybridized carbons (Fsp3) is 0.462. The number of hydrogen-bond acceptors (Lipinski definition) is 1. The average molecular weight is 320 g/mol. The van der Waals surface area contributed by atoms with Crippen molar-refractivity contribution in [1.29, 1.82) is 0 Å². The van der Waals surface area contributed by atoms with E-state index in [4.69, 9.17) is 0 Å². The van der Waals surface area contributed by atoms with E-state index < -0.39 is 17.5 Å². The number of nitrogens with one attached hydrogen (secondary N) is 1. The van der Waals surface area contributed by atoms with Crippen LogP contribution in [-0.4, -0.2) is 17.8 Å². The van der Waals surface area contributed by atoms with Crippen LogP contribution in [0.4, 0.5) is 8.78 Å². The minimum atomic E-state index is -0.830. The summed E-state index contributed by atoms with van der Waals surface area (Å²) in [6.45, 7) is 3.97. The monoisotopic (exact) mass is 319 g/mol. The highest BCUT2D eigenvalue weighted by Gasteiger charge is 2.14. The SMILES string of the molecule is Cc1cc(C(=O)NCC(C)CCBr)c(F)cc1F. The third-order valence-electron chi connectivity index (χ3n) is 2.71. The van der Waals surface area contributed by atoms with Crippen LogP contribution in [0, 0.1) is 24.5 Å². The first-order valence-electron chi connectivity index (χ1n) is 5.75. The van der Waals surface area contributed by atoms with Crippen LogP contribution < -0.4 is 5.32 Å². The van der Waals surface area contributed by atoms with E-state index in [9.17, 15) is 13.6 Å². The summed E-state index contributed by atoms with van der Waals surface area (Å²) >= 11 is 3.32. The van der Waals surface area contributed by atoms with Gasteiger partial charge in [0, 0.05) is 17.9 Å². The van der Waals surface area contributed by atoms with Crippen LogP contribution in [-0.2, 0) is 0 Å². The molecule has 18 heavy (non-hydrogen) atoms. The Labute approximate surface area is 114 Å². The van der Waals surface area contributed by atoms with Gasteiger partial charge in [0.1, 0.15) is 11.6 Å². The lowest BCUT2D eigenvalue weighted by molar-refractivity contribution is 0.0943. The van der Waals surface area contributed by atoms with Gasteiger partial charge in [0.2, 0.25) is 0 Å². The maximum Gasteiger partial charge on any atom is 0.254 e. The number of aryl methyl sites for hydroxylation is 1. The van der Waals surface area contributed by atoms with E-state index in [0.29, 0.717) is 12.5 Å². The summed E-state index contributed by atoms with van der Waals surface area (Å²) in [7, 11) is 0. The molecule has 0 aliphatic carbocycles. The number of carbonyl (C=O) groups excluding carboxylic acids is 1. The lowest BCUT2D eigenvalue weighted by atomic mass is 10.1. The fourth-order valence-electron chi connectivity index (χ4n) is 1.48. The van der Waals surface area contributed by atoms with Gasteiger partial charge in [0.05, 0.1) is 5.56 Å². The molecule has 1 N–H and O–H groups in total. The van der Waals surface area contributed by atoms with E-state index in [1.807, 2.05) is 6.92 Å². The van der Waals surface area contributed by atoms with Gasteiger partial charge in [-0.05, 0) is 30.9 Å². The van der Waals surface area contributed by atoms with Crippen LogP contribution in [0.15, 0.2) is 12.1 Å². The number of halogens is 3. The van der Waals surface area contributed by atoms with E-state index in [-0.39, 0.29) is 11.1 Å². The predicted molar refractivity (Wildman–Crippen MR) is 71.0 cm³/mol. The molecule has 1 amide bonds. The lowest BCUT2D eigenvalue weighted by Crippen LogP contribution is -2.29. The Morgan fingerprint density at radius 3 is 2.67 bits per heavy atom. The molecule has 0 saturated carbocycles. The molecule has 1 atom stereocenters. The molecule has 0 saturated heterocycles. The van der Waals surface area contributed by atoms with Gasteiger partial charge in [0.25, 0.3) is 5.91 Å². The number of hydrogen-bond donors (Lipinski definition) is 1. The minimum Gasteiger partial charge on any atom is -0.352 e. The molecular weight excluding hydrogens is 304 g/mol. The molecule has 2 nitrogen and oxygen atoms in total. The van der Waals surface area contributed by atoms with E-state index >= 15 is 0 Å². The van der Waals surface area contributed by atoms with Gasteiger partial charge in [-0.25, -0.2) is 8.78 Å². The van der Waals surface area contributed by atoms with E-state index in [1.165, 1.54) is 13.0 Å². The van der Waals surface area contributed by atoms with Gasteiger partial charge >= 0.3 is 0 Å². The zero-order chi connectivity index (χ0) is 13.7. The van der Waals surface area contributed by atoms with Crippen molar-refractivity contribution in [3.63, 3.8) is 0 Å². The van der Waals surface area contributed by atoms with Crippen molar-refractivity contribution in [2.45, 2.75) is 20.3 Å². The third kappa shape index (κ3) is 4.05. The quantitative estimate of drug-likeness (QED) is 0.828. The van der Waals surface area contributed by atoms with Crippen LogP contribution in [0.1, 0.15) is 29.3 Å². The van der Waals surface area contributed by atoms with Crippen molar-refractivity contribution in [3.8, 4) is 0 Å². The average Bonchev–Trinajstić information content (AvgIpc) is 2.31. The molecule has 5 heteroatoms. The number of carbonyl (C=O) groups is 1. The Morgan fingerprint density at radius 2 is 2.06 bits per heavy atom. The van der Waals surface area contributed by atoms with Crippen LogP contribution in [0.2, 0.25) is 0 Å². The number of benzene rings is 1. The summed E-state index contributed by atoms with van der Waals surface area (Å²) in [6, 6.07) is 1.97. The second-order valence-electron chi connectivity index (χ2n) is 4.37. The molecule has 0 aromatic heterocycles. The smallest absolute Gasteiger partial charge is 0.254 e. The normalized spacial score (nSPS) is 12.3. The van der Waals surface area contributed by atoms with Crippen molar-refractivity contribution >= 4 is 21.8 Å². The predicted octanol–water partition coefficient (Wildman–Crippen LogP) is 3.42. The molecule has 1 unspecified atom stereocenters. The van der Waals surface area contributed by atoms with Crippen molar-refractivity contribution in [2.24, 2.45) is 5.92 Å². The summed E-state index contributed by atoms with van der Waals surface area (Å²) in [5.41, 5.74) is 0.148. The second kappa shape index (κ2) is 6.83. The standard InChI is InChI=1S/C13H16BrF2NO/c1-8(3-4-14)7-17-13(18)10-5-9(2)11(15)6-12(10)16/h5-6,8H,3-4,7H2,1-2H3,(H,17,18). The summed E-state index contributed by atoms with van der Waals surface area (Å²) in [6.07, 6.45) is 0.922. The second-order valence-corrected chi connectivity index (χ2v) is 5.17. The van der Waals surface area contributed by atoms with Crippen molar-refractivity contribution in [1.82, 2.24) is 5.32 Å². The van der Waals surface area contributed by atoms with E-state index in [2.05, 4.69) is 21.2 Å². The van der Waals surface area contributed by atoms with Gasteiger partial charge in [-0.3, -0.25) is 4.79 Å². The lowest BCUT2D eigenvalue weighted by Gasteiger charge is -2.12. The highest BCUT2D eigenvalue weighted by atomic mass is 79.9. The molecule has 0 spiro atoms. The summed E-state index contributed by atoms with van der Waals surface area (Å²) < 4.78 is 26.5. The Kier molecular flexibility index (Phi) is 5.72. The van der Waals surface area contributed by atoms with Gasteiger partial charge in [-0.2, -0.15) is 0 Å². The molecular formula is C13H16BrF2NO. The molecule has 100 valence electrons. The molecule has 0 aliphatic rings. The van der Waals surface area contributed by atoms with Crippen LogP contribution in [0.3, 0.4) is 0 Å². The van der Waals surface area contributed by atoms with Gasteiger partial charge < -0.3 is 5.32 Å². The third-order valence-corrected chi connectivity index (χ3v) is 3.16. The number of amides is 1. The highest BCUT2D eigenvalue weighted by Crippen LogP contribution is 2.14. The van der Waals surface area contributed by atoms with Crippen LogP contribution in [0.5, 0.6) is 0 Å². The summed E-state index contributed by atoms with van der Waals surface area (Å²) in [4.78, 5) is 11.8. The maximum atomic E-state index is 13.4. The summed E-state index contributed by atoms with van der Waals surface area (Å²) in [5, 5.41) is 3.50. The first-order valence-corrected chi connectivity index (χ1v) is 6.87. The minimum absolute atomic E-state index is 0.111. The molecule has 0 radical (unpaired) electrons. The van der Waals surface area contributed by atoms with Gasteiger partial charge in [-0.15, -0.1) is 0 Å². The Hall–Kier alpha value is -0.970. The maximum absolute atomic E-state index is 13.4. The molecule has 1 aromatic carbocycles. The number of rotatable bonds is 5. The molecule has 0 bridgehead atoms. The molecule has 1 aromatic rings. The Balaban J connectivity index is 2.70. The summed E-state index contributed by atoms with van der Waals surface area (Å²) in [5.74, 6) is -1.67. The van der Waals surface area contributed by atoms with Crippen molar-refractivity contribution < 1.29 is 13.6 Å². The van der Waals surface area contributed by atoms with E-state index in [0.717, 1.165) is 17.8 Å². The fourth-order valence-corrected chi connectivity index (χ4v) is 2.26.